The van der Waals surface area contributed by atoms with Crippen LogP contribution in [0.2, 0.25) is 10.0 Å². The highest BCUT2D eigenvalue weighted by molar-refractivity contribution is 6.31. The monoisotopic (exact) mass is 493 g/mol. The third-order valence-corrected chi connectivity index (χ3v) is 7.35. The first kappa shape index (κ1) is 22.8. The van der Waals surface area contributed by atoms with Gasteiger partial charge in [-0.3, -0.25) is 9.59 Å². The van der Waals surface area contributed by atoms with Crippen LogP contribution in [0.15, 0.2) is 66.7 Å². The zero-order chi connectivity index (χ0) is 23.9. The Hall–Kier alpha value is -3.02. The number of rotatable bonds is 6. The molecule has 3 aromatic rings. The number of hydrogen-bond donors (Lipinski definition) is 2. The Balaban J connectivity index is 1.59. The number of nitrogens with zero attached hydrogens (tertiary/aromatic N) is 1. The van der Waals surface area contributed by atoms with Crippen molar-refractivity contribution in [3.8, 4) is 0 Å². The van der Waals surface area contributed by atoms with Crippen LogP contribution in [-0.4, -0.2) is 29.8 Å². The minimum absolute atomic E-state index is 0.0551. The lowest BCUT2D eigenvalue weighted by molar-refractivity contribution is -0.119. The largest absolute Gasteiger partial charge is 0.367 e. The van der Waals surface area contributed by atoms with E-state index in [9.17, 15) is 9.59 Å². The van der Waals surface area contributed by atoms with Crippen LogP contribution in [0.5, 0.6) is 0 Å². The molecule has 0 unspecified atom stereocenters. The smallest absolute Gasteiger partial charge is 0.255 e. The van der Waals surface area contributed by atoms with Crippen LogP contribution in [0.1, 0.15) is 40.7 Å². The Morgan fingerprint density at radius 1 is 1.06 bits per heavy atom. The molecule has 2 N–H and O–H groups in total. The van der Waals surface area contributed by atoms with Crippen LogP contribution < -0.4 is 10.6 Å². The van der Waals surface area contributed by atoms with Gasteiger partial charge in [-0.25, -0.2) is 0 Å². The third-order valence-electron chi connectivity index (χ3n) is 6.88. The number of amides is 2. The van der Waals surface area contributed by atoms with Crippen molar-refractivity contribution in [3.05, 3.63) is 93.5 Å². The van der Waals surface area contributed by atoms with Gasteiger partial charge in [0.1, 0.15) is 5.54 Å². The maximum Gasteiger partial charge on any atom is 0.255 e. The summed E-state index contributed by atoms with van der Waals surface area (Å²) in [4.78, 5) is 28.8. The second-order valence-electron chi connectivity index (χ2n) is 9.03. The van der Waals surface area contributed by atoms with E-state index in [1.807, 2.05) is 60.5 Å². The zero-order valence-corrected chi connectivity index (χ0v) is 20.3. The summed E-state index contributed by atoms with van der Waals surface area (Å²) in [5.74, 6) is -0.264. The molecule has 0 saturated heterocycles. The minimum Gasteiger partial charge on any atom is -0.367 e. The van der Waals surface area contributed by atoms with E-state index in [4.69, 9.17) is 23.2 Å². The predicted molar refractivity (Wildman–Crippen MR) is 137 cm³/mol. The van der Waals surface area contributed by atoms with Crippen LogP contribution in [-0.2, 0) is 16.8 Å². The predicted octanol–water partition coefficient (Wildman–Crippen LogP) is 6.12. The summed E-state index contributed by atoms with van der Waals surface area (Å²) in [5.41, 5.74) is 2.33. The standard InChI is InChI=1S/C27H25Cl2N3O2/c1-32(20-8-5-9-20)25(33)21-10-2-3-11-23(21)31-27(16-17-6-4-7-18(28)14-17)22-13-12-19(29)15-24(22)30-26(27)34/h2-4,6-7,10-15,20,31H,5,8-9,16H2,1H3,(H,30,34)/t27-/m0/s1. The van der Waals surface area contributed by atoms with Crippen LogP contribution in [0.4, 0.5) is 11.4 Å². The number of para-hydroxylation sites is 1. The molecule has 0 aromatic heterocycles. The molecule has 0 radical (unpaired) electrons. The fourth-order valence-corrected chi connectivity index (χ4v) is 5.16. The molecule has 5 nitrogen and oxygen atoms in total. The number of hydrogen-bond acceptors (Lipinski definition) is 3. The summed E-state index contributed by atoms with van der Waals surface area (Å²) in [6.07, 6.45) is 3.53. The molecule has 1 saturated carbocycles. The lowest BCUT2D eigenvalue weighted by Gasteiger charge is -2.36. The maximum atomic E-state index is 13.6. The van der Waals surface area contributed by atoms with Gasteiger partial charge in [-0.1, -0.05) is 53.5 Å². The van der Waals surface area contributed by atoms with Gasteiger partial charge >= 0.3 is 0 Å². The number of benzene rings is 3. The number of carbonyl (C=O) groups is 2. The Morgan fingerprint density at radius 2 is 1.82 bits per heavy atom. The number of anilines is 2. The molecule has 174 valence electrons. The second-order valence-corrected chi connectivity index (χ2v) is 9.90. The molecule has 0 bridgehead atoms. The van der Waals surface area contributed by atoms with E-state index in [1.54, 1.807) is 18.2 Å². The molecule has 1 atom stereocenters. The average Bonchev–Trinajstić information content (AvgIpc) is 3.02. The van der Waals surface area contributed by atoms with Crippen LogP contribution in [0.3, 0.4) is 0 Å². The van der Waals surface area contributed by atoms with Gasteiger partial charge in [0.05, 0.1) is 5.56 Å². The van der Waals surface area contributed by atoms with Crippen LogP contribution in [0, 0.1) is 0 Å². The molecule has 1 heterocycles. The fourth-order valence-electron chi connectivity index (χ4n) is 4.78. The summed E-state index contributed by atoms with van der Waals surface area (Å²) in [6.45, 7) is 0. The minimum atomic E-state index is -1.14. The van der Waals surface area contributed by atoms with Gasteiger partial charge < -0.3 is 15.5 Å². The molecule has 2 amide bonds. The SMILES string of the molecule is CN(C(=O)c1ccccc1N[C@]1(Cc2cccc(Cl)c2)C(=O)Nc2cc(Cl)ccc21)C1CCC1. The van der Waals surface area contributed by atoms with Gasteiger partial charge in [-0.05, 0) is 61.2 Å². The van der Waals surface area contributed by atoms with Crippen molar-refractivity contribution in [1.29, 1.82) is 0 Å². The molecule has 1 aliphatic heterocycles. The van der Waals surface area contributed by atoms with E-state index in [2.05, 4.69) is 10.6 Å². The van der Waals surface area contributed by atoms with Gasteiger partial charge in [0, 0.05) is 46.5 Å². The topological polar surface area (TPSA) is 61.4 Å². The Bertz CT molecular complexity index is 1270. The first-order valence-corrected chi connectivity index (χ1v) is 12.1. The molecule has 34 heavy (non-hydrogen) atoms. The summed E-state index contributed by atoms with van der Waals surface area (Å²) >= 11 is 12.5. The molecular formula is C27H25Cl2N3O2. The molecule has 1 aliphatic carbocycles. The third kappa shape index (κ3) is 4.04. The van der Waals surface area contributed by atoms with Crippen molar-refractivity contribution in [2.45, 2.75) is 37.3 Å². The summed E-state index contributed by atoms with van der Waals surface area (Å²) in [5, 5.41) is 7.59. The highest BCUT2D eigenvalue weighted by atomic mass is 35.5. The summed E-state index contributed by atoms with van der Waals surface area (Å²) in [7, 11) is 1.85. The highest BCUT2D eigenvalue weighted by Gasteiger charge is 2.47. The summed E-state index contributed by atoms with van der Waals surface area (Å²) < 4.78 is 0. The van der Waals surface area contributed by atoms with Gasteiger partial charge in [0.15, 0.2) is 0 Å². The van der Waals surface area contributed by atoms with Crippen LogP contribution in [0.25, 0.3) is 0 Å². The van der Waals surface area contributed by atoms with E-state index in [0.717, 1.165) is 30.4 Å². The van der Waals surface area contributed by atoms with E-state index in [-0.39, 0.29) is 17.9 Å². The van der Waals surface area contributed by atoms with Crippen molar-refractivity contribution in [1.82, 2.24) is 4.90 Å². The first-order chi connectivity index (χ1) is 16.4. The van der Waals surface area contributed by atoms with Crippen molar-refractivity contribution < 1.29 is 9.59 Å². The molecule has 5 rings (SSSR count). The average molecular weight is 494 g/mol. The van der Waals surface area contributed by atoms with Gasteiger partial charge in [0.25, 0.3) is 11.8 Å². The number of nitrogens with one attached hydrogen (secondary N) is 2. The fraction of sp³-hybridized carbons (Fsp3) is 0.259. The maximum absolute atomic E-state index is 13.6. The Kier molecular flexibility index (Phi) is 6.00. The second kappa shape index (κ2) is 8.97. The molecule has 0 spiro atoms. The Labute approximate surface area is 209 Å². The summed E-state index contributed by atoms with van der Waals surface area (Å²) in [6, 6.07) is 20.5. The van der Waals surface area contributed by atoms with E-state index in [1.165, 1.54) is 0 Å². The van der Waals surface area contributed by atoms with E-state index in [0.29, 0.717) is 33.4 Å². The quantitative estimate of drug-likeness (QED) is 0.434. The van der Waals surface area contributed by atoms with Gasteiger partial charge in [0.2, 0.25) is 0 Å². The number of carbonyl (C=O) groups excluding carboxylic acids is 2. The highest BCUT2D eigenvalue weighted by Crippen LogP contribution is 2.43. The molecular weight excluding hydrogens is 469 g/mol. The molecule has 7 heteroatoms. The lowest BCUT2D eigenvalue weighted by Crippen LogP contribution is -2.45. The van der Waals surface area contributed by atoms with Crippen molar-refractivity contribution in [2.24, 2.45) is 0 Å². The van der Waals surface area contributed by atoms with E-state index < -0.39 is 5.54 Å². The van der Waals surface area contributed by atoms with Crippen molar-refractivity contribution in [2.75, 3.05) is 17.7 Å². The molecule has 3 aromatic carbocycles. The van der Waals surface area contributed by atoms with Crippen molar-refractivity contribution in [3.63, 3.8) is 0 Å². The number of halogens is 2. The Morgan fingerprint density at radius 3 is 2.56 bits per heavy atom. The van der Waals surface area contributed by atoms with E-state index >= 15 is 0 Å². The normalized spacial score (nSPS) is 19.2. The van der Waals surface area contributed by atoms with Crippen molar-refractivity contribution >= 4 is 46.4 Å². The van der Waals surface area contributed by atoms with Gasteiger partial charge in [-0.2, -0.15) is 0 Å². The molecule has 2 aliphatic rings. The van der Waals surface area contributed by atoms with Gasteiger partial charge in [-0.15, -0.1) is 0 Å². The molecule has 1 fully saturated rings. The zero-order valence-electron chi connectivity index (χ0n) is 18.8. The number of fused-ring (bicyclic) bond motifs is 1. The first-order valence-electron chi connectivity index (χ1n) is 11.4. The van der Waals surface area contributed by atoms with Crippen LogP contribution >= 0.6 is 23.2 Å². The lowest BCUT2D eigenvalue weighted by atomic mass is 9.84.